The first-order chi connectivity index (χ1) is 11.7. The normalized spacial score (nSPS) is 14.7. The molecule has 0 unspecified atom stereocenters. The van der Waals surface area contributed by atoms with Crippen LogP contribution in [-0.2, 0) is 0 Å². The van der Waals surface area contributed by atoms with E-state index >= 15 is 0 Å². The number of carbonyl (C=O) groups is 1. The number of nitrogens with zero attached hydrogens (tertiary/aromatic N) is 2. The van der Waals surface area contributed by atoms with Crippen molar-refractivity contribution < 1.29 is 4.79 Å². The summed E-state index contributed by atoms with van der Waals surface area (Å²) in [5, 5.41) is 0. The van der Waals surface area contributed by atoms with E-state index in [-0.39, 0.29) is 5.91 Å². The quantitative estimate of drug-likeness (QED) is 0.720. The fourth-order valence-electron chi connectivity index (χ4n) is 3.10. The van der Waals surface area contributed by atoms with Gasteiger partial charge in [0, 0.05) is 41.1 Å². The average Bonchev–Trinajstić information content (AvgIpc) is 3.05. The fourth-order valence-corrected chi connectivity index (χ4v) is 3.50. The Kier molecular flexibility index (Phi) is 3.94. The van der Waals surface area contributed by atoms with Crippen LogP contribution in [0, 0.1) is 0 Å². The SMILES string of the molecule is O=C(c1cccc(Br)c1)N1CC=C(c2c[nH]c3cccnc23)CC1. The Labute approximate surface area is 148 Å². The molecule has 0 spiro atoms. The highest BCUT2D eigenvalue weighted by atomic mass is 79.9. The van der Waals surface area contributed by atoms with Crippen molar-refractivity contribution in [3.63, 3.8) is 0 Å². The Morgan fingerprint density at radius 2 is 2.17 bits per heavy atom. The van der Waals surface area contributed by atoms with Crippen LogP contribution in [0.15, 0.2) is 59.3 Å². The molecule has 0 saturated heterocycles. The van der Waals surface area contributed by atoms with Crippen LogP contribution in [-0.4, -0.2) is 33.9 Å². The van der Waals surface area contributed by atoms with Crippen molar-refractivity contribution in [3.05, 3.63) is 70.5 Å². The van der Waals surface area contributed by atoms with Crippen molar-refractivity contribution >= 4 is 38.4 Å². The summed E-state index contributed by atoms with van der Waals surface area (Å²) < 4.78 is 0.923. The second kappa shape index (κ2) is 6.24. The number of nitrogens with one attached hydrogen (secondary N) is 1. The van der Waals surface area contributed by atoms with Crippen molar-refractivity contribution in [1.29, 1.82) is 0 Å². The van der Waals surface area contributed by atoms with Crippen molar-refractivity contribution in [2.45, 2.75) is 6.42 Å². The third-order valence-corrected chi connectivity index (χ3v) is 4.84. The van der Waals surface area contributed by atoms with Gasteiger partial charge < -0.3 is 9.88 Å². The Hall–Kier alpha value is -2.40. The monoisotopic (exact) mass is 381 g/mol. The van der Waals surface area contributed by atoms with E-state index in [2.05, 4.69) is 32.0 Å². The molecule has 1 aliphatic rings. The van der Waals surface area contributed by atoms with Gasteiger partial charge in [0.15, 0.2) is 0 Å². The first-order valence-corrected chi connectivity index (χ1v) is 8.68. The van der Waals surface area contributed by atoms with Gasteiger partial charge in [-0.15, -0.1) is 0 Å². The molecule has 5 heteroatoms. The molecule has 4 rings (SSSR count). The van der Waals surface area contributed by atoms with Crippen LogP contribution in [0.25, 0.3) is 16.6 Å². The van der Waals surface area contributed by atoms with E-state index in [1.807, 2.05) is 53.7 Å². The lowest BCUT2D eigenvalue weighted by atomic mass is 10.0. The van der Waals surface area contributed by atoms with Crippen molar-refractivity contribution in [3.8, 4) is 0 Å². The molecule has 1 amide bonds. The molecule has 0 radical (unpaired) electrons. The van der Waals surface area contributed by atoms with E-state index in [9.17, 15) is 4.79 Å². The van der Waals surface area contributed by atoms with Crippen molar-refractivity contribution in [1.82, 2.24) is 14.9 Å². The Morgan fingerprint density at radius 1 is 1.25 bits per heavy atom. The zero-order valence-corrected chi connectivity index (χ0v) is 14.6. The number of pyridine rings is 1. The molecule has 120 valence electrons. The standard InChI is InChI=1S/C19H16BrN3O/c20-15-4-1-3-14(11-15)19(24)23-9-6-13(7-10-23)16-12-22-17-5-2-8-21-18(16)17/h1-6,8,11-12,22H,7,9-10H2. The van der Waals surface area contributed by atoms with E-state index < -0.39 is 0 Å². The molecule has 1 aromatic carbocycles. The molecule has 0 fully saturated rings. The predicted molar refractivity (Wildman–Crippen MR) is 98.7 cm³/mol. The number of halogens is 1. The van der Waals surface area contributed by atoms with Crippen LogP contribution in [0.3, 0.4) is 0 Å². The molecule has 2 aromatic heterocycles. The average molecular weight is 382 g/mol. The van der Waals surface area contributed by atoms with Gasteiger partial charge in [-0.05, 0) is 42.3 Å². The molecule has 24 heavy (non-hydrogen) atoms. The summed E-state index contributed by atoms with van der Waals surface area (Å²) in [5.41, 5.74) is 5.14. The van der Waals surface area contributed by atoms with Gasteiger partial charge in [-0.1, -0.05) is 28.1 Å². The summed E-state index contributed by atoms with van der Waals surface area (Å²) in [6, 6.07) is 11.5. The maximum absolute atomic E-state index is 12.6. The fraction of sp³-hybridized carbons (Fsp3) is 0.158. The van der Waals surface area contributed by atoms with Gasteiger partial charge in [-0.3, -0.25) is 9.78 Å². The number of amides is 1. The number of fused-ring (bicyclic) bond motifs is 1. The minimum Gasteiger partial charge on any atom is -0.359 e. The maximum atomic E-state index is 12.6. The van der Waals surface area contributed by atoms with E-state index in [0.29, 0.717) is 6.54 Å². The summed E-state index contributed by atoms with van der Waals surface area (Å²) in [6.45, 7) is 1.34. The van der Waals surface area contributed by atoms with Crippen LogP contribution in [0.5, 0.6) is 0 Å². The highest BCUT2D eigenvalue weighted by Gasteiger charge is 2.20. The molecule has 3 aromatic rings. The Balaban J connectivity index is 1.56. The molecule has 0 atom stereocenters. The minimum atomic E-state index is 0.0728. The van der Waals surface area contributed by atoms with Crippen LogP contribution < -0.4 is 0 Å². The number of hydrogen-bond donors (Lipinski definition) is 1. The molecule has 0 aliphatic carbocycles. The molecule has 4 nitrogen and oxygen atoms in total. The second-order valence-electron chi connectivity index (χ2n) is 5.84. The van der Waals surface area contributed by atoms with Crippen LogP contribution >= 0.6 is 15.9 Å². The highest BCUT2D eigenvalue weighted by Crippen LogP contribution is 2.28. The molecular weight excluding hydrogens is 366 g/mol. The number of benzene rings is 1. The summed E-state index contributed by atoms with van der Waals surface area (Å²) >= 11 is 3.42. The van der Waals surface area contributed by atoms with Gasteiger partial charge in [0.25, 0.3) is 5.91 Å². The van der Waals surface area contributed by atoms with Gasteiger partial charge in [-0.2, -0.15) is 0 Å². The number of carbonyl (C=O) groups excluding carboxylic acids is 1. The van der Waals surface area contributed by atoms with E-state index in [4.69, 9.17) is 0 Å². The molecule has 1 aliphatic heterocycles. The topological polar surface area (TPSA) is 49.0 Å². The second-order valence-corrected chi connectivity index (χ2v) is 6.76. The van der Waals surface area contributed by atoms with E-state index in [0.717, 1.165) is 39.6 Å². The zero-order valence-electron chi connectivity index (χ0n) is 13.0. The molecule has 0 saturated carbocycles. The number of H-pyrrole nitrogens is 1. The lowest BCUT2D eigenvalue weighted by Gasteiger charge is -2.26. The number of aromatic amines is 1. The van der Waals surface area contributed by atoms with Gasteiger partial charge in [0.05, 0.1) is 11.0 Å². The third-order valence-electron chi connectivity index (χ3n) is 4.35. The summed E-state index contributed by atoms with van der Waals surface area (Å²) in [4.78, 5) is 22.2. The van der Waals surface area contributed by atoms with Crippen LogP contribution in [0.1, 0.15) is 22.3 Å². The summed E-state index contributed by atoms with van der Waals surface area (Å²) in [6.07, 6.45) is 6.79. The first-order valence-electron chi connectivity index (χ1n) is 7.89. The third kappa shape index (κ3) is 2.76. The number of aromatic nitrogens is 2. The smallest absolute Gasteiger partial charge is 0.254 e. The van der Waals surface area contributed by atoms with Gasteiger partial charge >= 0.3 is 0 Å². The van der Waals surface area contributed by atoms with Crippen molar-refractivity contribution in [2.75, 3.05) is 13.1 Å². The molecule has 0 bridgehead atoms. The molecule has 1 N–H and O–H groups in total. The minimum absolute atomic E-state index is 0.0728. The van der Waals surface area contributed by atoms with Gasteiger partial charge in [0.1, 0.15) is 0 Å². The summed E-state index contributed by atoms with van der Waals surface area (Å²) in [5.74, 6) is 0.0728. The van der Waals surface area contributed by atoms with E-state index in [1.54, 1.807) is 0 Å². The van der Waals surface area contributed by atoms with Crippen molar-refractivity contribution in [2.24, 2.45) is 0 Å². The number of hydrogen-bond acceptors (Lipinski definition) is 2. The Bertz CT molecular complexity index is 944. The zero-order chi connectivity index (χ0) is 16.5. The van der Waals surface area contributed by atoms with E-state index in [1.165, 1.54) is 5.57 Å². The van der Waals surface area contributed by atoms with Crippen LogP contribution in [0.4, 0.5) is 0 Å². The maximum Gasteiger partial charge on any atom is 0.254 e. The number of rotatable bonds is 2. The largest absolute Gasteiger partial charge is 0.359 e. The molecule has 3 heterocycles. The van der Waals surface area contributed by atoms with Crippen LogP contribution in [0.2, 0.25) is 0 Å². The summed E-state index contributed by atoms with van der Waals surface area (Å²) in [7, 11) is 0. The van der Waals surface area contributed by atoms with Gasteiger partial charge in [0.2, 0.25) is 0 Å². The van der Waals surface area contributed by atoms with Gasteiger partial charge in [-0.25, -0.2) is 0 Å². The Morgan fingerprint density at radius 3 is 2.96 bits per heavy atom. The molecular formula is C19H16BrN3O. The first kappa shape index (κ1) is 15.1. The highest BCUT2D eigenvalue weighted by molar-refractivity contribution is 9.10. The lowest BCUT2D eigenvalue weighted by molar-refractivity contribution is 0.0773. The predicted octanol–water partition coefficient (Wildman–Crippen LogP) is 4.25. The lowest BCUT2D eigenvalue weighted by Crippen LogP contribution is -2.34.